The first-order valence-electron chi connectivity index (χ1n) is 6.21. The number of carbonyl (C=O) groups excluding carboxylic acids is 1. The van der Waals surface area contributed by atoms with Crippen LogP contribution < -0.4 is 11.1 Å². The van der Waals surface area contributed by atoms with Crippen molar-refractivity contribution in [3.63, 3.8) is 0 Å². The van der Waals surface area contributed by atoms with Gasteiger partial charge in [-0.2, -0.15) is 0 Å². The number of amides is 1. The van der Waals surface area contributed by atoms with Gasteiger partial charge < -0.3 is 11.1 Å². The second kappa shape index (κ2) is 6.21. The van der Waals surface area contributed by atoms with Gasteiger partial charge in [-0.15, -0.1) is 12.4 Å². The third-order valence-electron chi connectivity index (χ3n) is 3.68. The van der Waals surface area contributed by atoms with Crippen molar-refractivity contribution in [2.24, 2.45) is 11.7 Å². The summed E-state index contributed by atoms with van der Waals surface area (Å²) in [5.41, 5.74) is 9.23. The van der Waals surface area contributed by atoms with E-state index in [9.17, 15) is 4.79 Å². The molecular weight excluding hydrogens is 248 g/mol. The maximum atomic E-state index is 12.0. The van der Waals surface area contributed by atoms with Gasteiger partial charge in [-0.1, -0.05) is 12.5 Å². The molecule has 0 heterocycles. The molecule has 4 heteroatoms. The van der Waals surface area contributed by atoms with E-state index in [2.05, 4.69) is 12.2 Å². The van der Waals surface area contributed by atoms with Crippen LogP contribution in [0.5, 0.6) is 0 Å². The van der Waals surface area contributed by atoms with Gasteiger partial charge in [0.25, 0.3) is 0 Å². The zero-order valence-electron chi connectivity index (χ0n) is 10.9. The molecule has 1 aliphatic rings. The predicted molar refractivity (Wildman–Crippen MR) is 77.1 cm³/mol. The summed E-state index contributed by atoms with van der Waals surface area (Å²) in [6, 6.07) is 6.01. The minimum Gasteiger partial charge on any atom is -0.327 e. The fourth-order valence-corrected chi connectivity index (χ4v) is 2.37. The van der Waals surface area contributed by atoms with E-state index in [1.54, 1.807) is 0 Å². The lowest BCUT2D eigenvalue weighted by Crippen LogP contribution is -2.34. The second-order valence-corrected chi connectivity index (χ2v) is 4.99. The van der Waals surface area contributed by atoms with E-state index < -0.39 is 0 Å². The average molecular weight is 269 g/mol. The molecule has 1 aromatic carbocycles. The van der Waals surface area contributed by atoms with E-state index in [1.807, 2.05) is 25.1 Å². The number of nitrogens with one attached hydrogen (secondary N) is 1. The Hall–Kier alpha value is -1.06. The maximum absolute atomic E-state index is 12.0. The number of nitrogens with two attached hydrogens (primary N) is 1. The number of aryl methyl sites for hydroxylation is 2. The van der Waals surface area contributed by atoms with Crippen molar-refractivity contribution in [3.05, 3.63) is 29.3 Å². The summed E-state index contributed by atoms with van der Waals surface area (Å²) in [5.74, 6) is 0.0508. The van der Waals surface area contributed by atoms with E-state index in [1.165, 1.54) is 11.1 Å². The van der Waals surface area contributed by atoms with E-state index >= 15 is 0 Å². The van der Waals surface area contributed by atoms with Crippen LogP contribution in [0.2, 0.25) is 0 Å². The summed E-state index contributed by atoms with van der Waals surface area (Å²) in [7, 11) is 0. The van der Waals surface area contributed by atoms with Crippen molar-refractivity contribution in [1.29, 1.82) is 0 Å². The lowest BCUT2D eigenvalue weighted by atomic mass is 10.0. The van der Waals surface area contributed by atoms with Crippen LogP contribution in [0.15, 0.2) is 18.2 Å². The number of carbonyl (C=O) groups is 1. The second-order valence-electron chi connectivity index (χ2n) is 4.99. The zero-order valence-corrected chi connectivity index (χ0v) is 11.7. The highest BCUT2D eigenvalue weighted by molar-refractivity contribution is 5.93. The Bertz CT molecular complexity index is 434. The van der Waals surface area contributed by atoms with Crippen LogP contribution in [0.3, 0.4) is 0 Å². The average Bonchev–Trinajstić information content (AvgIpc) is 2.70. The standard InChI is InChI=1S/C14H20N2O.ClH/c1-9-6-7-11(8-10(9)2)16-14(17)12-4-3-5-13(12)15;/h6-8,12-13H,3-5,15H2,1-2H3,(H,16,17);1H. The molecule has 1 aromatic rings. The Balaban J connectivity index is 0.00000162. The quantitative estimate of drug-likeness (QED) is 0.867. The molecule has 100 valence electrons. The molecule has 0 radical (unpaired) electrons. The zero-order chi connectivity index (χ0) is 12.4. The topological polar surface area (TPSA) is 55.1 Å². The van der Waals surface area contributed by atoms with Gasteiger partial charge >= 0.3 is 0 Å². The van der Waals surface area contributed by atoms with Crippen LogP contribution in [-0.4, -0.2) is 11.9 Å². The Morgan fingerprint density at radius 2 is 2.00 bits per heavy atom. The summed E-state index contributed by atoms with van der Waals surface area (Å²) in [4.78, 5) is 12.0. The van der Waals surface area contributed by atoms with Crippen LogP contribution in [0, 0.1) is 19.8 Å². The molecule has 0 saturated heterocycles. The van der Waals surface area contributed by atoms with Crippen LogP contribution in [0.4, 0.5) is 5.69 Å². The highest BCUT2D eigenvalue weighted by Crippen LogP contribution is 2.25. The number of benzene rings is 1. The SMILES string of the molecule is Cc1ccc(NC(=O)C2CCCC2N)cc1C.Cl. The minimum absolute atomic E-state index is 0. The van der Waals surface area contributed by atoms with E-state index in [0.29, 0.717) is 0 Å². The summed E-state index contributed by atoms with van der Waals surface area (Å²) in [5, 5.41) is 2.96. The van der Waals surface area contributed by atoms with Crippen molar-refractivity contribution >= 4 is 24.0 Å². The third-order valence-corrected chi connectivity index (χ3v) is 3.68. The smallest absolute Gasteiger partial charge is 0.229 e. The van der Waals surface area contributed by atoms with Crippen molar-refractivity contribution < 1.29 is 4.79 Å². The molecule has 1 saturated carbocycles. The van der Waals surface area contributed by atoms with Gasteiger partial charge in [-0.25, -0.2) is 0 Å². The molecule has 2 rings (SSSR count). The van der Waals surface area contributed by atoms with Crippen molar-refractivity contribution in [1.82, 2.24) is 0 Å². The molecule has 1 amide bonds. The summed E-state index contributed by atoms with van der Waals surface area (Å²) in [6.07, 6.45) is 2.94. The summed E-state index contributed by atoms with van der Waals surface area (Å²) in [6.45, 7) is 4.11. The molecule has 18 heavy (non-hydrogen) atoms. The monoisotopic (exact) mass is 268 g/mol. The molecule has 2 unspecified atom stereocenters. The molecule has 1 aliphatic carbocycles. The number of halogens is 1. The lowest BCUT2D eigenvalue weighted by molar-refractivity contribution is -0.120. The summed E-state index contributed by atoms with van der Waals surface area (Å²) < 4.78 is 0. The number of hydrogen-bond acceptors (Lipinski definition) is 2. The maximum Gasteiger partial charge on any atom is 0.229 e. The van der Waals surface area contributed by atoms with Gasteiger partial charge in [0.1, 0.15) is 0 Å². The highest BCUT2D eigenvalue weighted by atomic mass is 35.5. The fourth-order valence-electron chi connectivity index (χ4n) is 2.37. The normalized spacial score (nSPS) is 22.4. The summed E-state index contributed by atoms with van der Waals surface area (Å²) >= 11 is 0. The highest BCUT2D eigenvalue weighted by Gasteiger charge is 2.30. The number of rotatable bonds is 2. The van der Waals surface area contributed by atoms with Gasteiger partial charge in [0, 0.05) is 11.7 Å². The predicted octanol–water partition coefficient (Wildman–Crippen LogP) is 2.79. The molecule has 0 aliphatic heterocycles. The van der Waals surface area contributed by atoms with Gasteiger partial charge in [-0.05, 0) is 49.9 Å². The number of anilines is 1. The van der Waals surface area contributed by atoms with Gasteiger partial charge in [-0.3, -0.25) is 4.79 Å². The van der Waals surface area contributed by atoms with Crippen molar-refractivity contribution in [2.75, 3.05) is 5.32 Å². The first-order valence-corrected chi connectivity index (χ1v) is 6.21. The largest absolute Gasteiger partial charge is 0.327 e. The van der Waals surface area contributed by atoms with Crippen molar-refractivity contribution in [2.45, 2.75) is 39.2 Å². The van der Waals surface area contributed by atoms with E-state index in [-0.39, 0.29) is 30.3 Å². The first kappa shape index (κ1) is 15.0. The van der Waals surface area contributed by atoms with Crippen LogP contribution in [0.1, 0.15) is 30.4 Å². The molecule has 3 nitrogen and oxygen atoms in total. The Morgan fingerprint density at radius 3 is 2.56 bits per heavy atom. The van der Waals surface area contributed by atoms with Crippen LogP contribution >= 0.6 is 12.4 Å². The molecule has 0 aromatic heterocycles. The van der Waals surface area contributed by atoms with Gasteiger partial charge in [0.05, 0.1) is 5.92 Å². The third kappa shape index (κ3) is 3.24. The van der Waals surface area contributed by atoms with Crippen molar-refractivity contribution in [3.8, 4) is 0 Å². The Kier molecular flexibility index (Phi) is 5.17. The van der Waals surface area contributed by atoms with Crippen LogP contribution in [-0.2, 0) is 4.79 Å². The molecular formula is C14H21ClN2O. The van der Waals surface area contributed by atoms with E-state index in [0.717, 1.165) is 24.9 Å². The minimum atomic E-state index is -0.0170. The molecule has 1 fully saturated rings. The van der Waals surface area contributed by atoms with Gasteiger partial charge in [0.15, 0.2) is 0 Å². The lowest BCUT2D eigenvalue weighted by Gasteiger charge is -2.15. The fraction of sp³-hybridized carbons (Fsp3) is 0.500. The number of hydrogen-bond donors (Lipinski definition) is 2. The van der Waals surface area contributed by atoms with Gasteiger partial charge in [0.2, 0.25) is 5.91 Å². The molecule has 0 spiro atoms. The van der Waals surface area contributed by atoms with E-state index in [4.69, 9.17) is 5.73 Å². The Labute approximate surface area is 115 Å². The Morgan fingerprint density at radius 1 is 1.28 bits per heavy atom. The first-order chi connectivity index (χ1) is 8.08. The molecule has 0 bridgehead atoms. The molecule has 2 atom stereocenters. The molecule has 3 N–H and O–H groups in total. The van der Waals surface area contributed by atoms with Crippen LogP contribution in [0.25, 0.3) is 0 Å².